The number of rotatable bonds is 4. The summed E-state index contributed by atoms with van der Waals surface area (Å²) in [5.74, 6) is -0.260. The molecule has 1 aromatic heterocycles. The molecule has 0 aliphatic carbocycles. The average Bonchev–Trinajstić information content (AvgIpc) is 2.68. The fraction of sp³-hybridized carbons (Fsp3) is 0.500. The van der Waals surface area contributed by atoms with Gasteiger partial charge < -0.3 is 21.3 Å². The van der Waals surface area contributed by atoms with Crippen LogP contribution in [-0.2, 0) is 4.79 Å². The molecule has 1 unspecified atom stereocenters. The molecule has 2 amide bonds. The molecule has 8 heteroatoms. The second-order valence-electron chi connectivity index (χ2n) is 3.95. The maximum absolute atomic E-state index is 11.7. The first kappa shape index (κ1) is 14.2. The third-order valence-electron chi connectivity index (χ3n) is 2.33. The van der Waals surface area contributed by atoms with Gasteiger partial charge in [-0.2, -0.15) is 4.37 Å². The standard InChI is InChI=1S/C10H17N5O2S/c1-5(10(17)15(3)4)13-9-6(8(16)12-2)7(11)14-18-9/h5,13H,1-4H3,(H2,11,14)(H,12,16). The van der Waals surface area contributed by atoms with Gasteiger partial charge in [0.1, 0.15) is 16.6 Å². The van der Waals surface area contributed by atoms with E-state index in [2.05, 4.69) is 15.0 Å². The second-order valence-corrected chi connectivity index (χ2v) is 4.72. The number of aromatic nitrogens is 1. The number of hydrogen-bond donors (Lipinski definition) is 3. The van der Waals surface area contributed by atoms with Crippen molar-refractivity contribution in [1.82, 2.24) is 14.6 Å². The van der Waals surface area contributed by atoms with E-state index < -0.39 is 6.04 Å². The first-order valence-electron chi connectivity index (χ1n) is 5.33. The van der Waals surface area contributed by atoms with Crippen LogP contribution in [-0.4, -0.2) is 48.3 Å². The molecule has 0 radical (unpaired) electrons. The lowest BCUT2D eigenvalue weighted by molar-refractivity contribution is -0.129. The van der Waals surface area contributed by atoms with Crippen molar-refractivity contribution in [3.05, 3.63) is 5.56 Å². The fourth-order valence-corrected chi connectivity index (χ4v) is 2.19. The van der Waals surface area contributed by atoms with Crippen LogP contribution in [0, 0.1) is 0 Å². The van der Waals surface area contributed by atoms with E-state index >= 15 is 0 Å². The topological polar surface area (TPSA) is 100 Å². The molecular weight excluding hydrogens is 254 g/mol. The third kappa shape index (κ3) is 2.89. The smallest absolute Gasteiger partial charge is 0.257 e. The van der Waals surface area contributed by atoms with Gasteiger partial charge in [0.05, 0.1) is 0 Å². The molecule has 0 bridgehead atoms. The van der Waals surface area contributed by atoms with Crippen LogP contribution >= 0.6 is 11.5 Å². The van der Waals surface area contributed by atoms with Gasteiger partial charge in [-0.05, 0) is 18.5 Å². The molecule has 18 heavy (non-hydrogen) atoms. The van der Waals surface area contributed by atoms with Crippen molar-refractivity contribution < 1.29 is 9.59 Å². The van der Waals surface area contributed by atoms with E-state index in [4.69, 9.17) is 5.73 Å². The average molecular weight is 271 g/mol. The van der Waals surface area contributed by atoms with Crippen LogP contribution in [0.2, 0.25) is 0 Å². The molecule has 0 saturated heterocycles. The summed E-state index contributed by atoms with van der Waals surface area (Å²) < 4.78 is 3.91. The molecule has 0 aliphatic heterocycles. The molecule has 1 aromatic rings. The Balaban J connectivity index is 2.92. The van der Waals surface area contributed by atoms with Crippen molar-refractivity contribution in [3.63, 3.8) is 0 Å². The lowest BCUT2D eigenvalue weighted by Gasteiger charge is -2.18. The zero-order valence-electron chi connectivity index (χ0n) is 10.8. The number of carbonyl (C=O) groups excluding carboxylic acids is 2. The van der Waals surface area contributed by atoms with Gasteiger partial charge in [-0.1, -0.05) is 0 Å². The summed E-state index contributed by atoms with van der Waals surface area (Å²) in [5, 5.41) is 5.93. The molecule has 0 fully saturated rings. The van der Waals surface area contributed by atoms with Gasteiger partial charge in [0, 0.05) is 21.1 Å². The Morgan fingerprint density at radius 1 is 1.44 bits per heavy atom. The van der Waals surface area contributed by atoms with Crippen molar-refractivity contribution in [3.8, 4) is 0 Å². The summed E-state index contributed by atoms with van der Waals surface area (Å²) in [6, 6.07) is -0.455. The fourth-order valence-electron chi connectivity index (χ4n) is 1.39. The van der Waals surface area contributed by atoms with Gasteiger partial charge in [-0.3, -0.25) is 9.59 Å². The van der Waals surface area contributed by atoms with E-state index in [1.165, 1.54) is 11.9 Å². The zero-order chi connectivity index (χ0) is 13.9. The highest BCUT2D eigenvalue weighted by atomic mass is 32.1. The molecule has 7 nitrogen and oxygen atoms in total. The Hall–Kier alpha value is -1.83. The SMILES string of the molecule is CNC(=O)c1c(N)nsc1NC(C)C(=O)N(C)C. The third-order valence-corrected chi connectivity index (χ3v) is 3.12. The van der Waals surface area contributed by atoms with E-state index in [0.717, 1.165) is 11.5 Å². The molecule has 1 atom stereocenters. The first-order chi connectivity index (χ1) is 8.38. The summed E-state index contributed by atoms with van der Waals surface area (Å²) >= 11 is 1.06. The van der Waals surface area contributed by atoms with Crippen LogP contribution in [0.5, 0.6) is 0 Å². The maximum Gasteiger partial charge on any atom is 0.257 e. The van der Waals surface area contributed by atoms with Crippen LogP contribution in [0.3, 0.4) is 0 Å². The quantitative estimate of drug-likeness (QED) is 0.714. The molecule has 4 N–H and O–H groups in total. The van der Waals surface area contributed by atoms with Gasteiger partial charge in [-0.25, -0.2) is 0 Å². The normalized spacial score (nSPS) is 11.8. The van der Waals surface area contributed by atoms with Gasteiger partial charge in [-0.15, -0.1) is 0 Å². The lowest BCUT2D eigenvalue weighted by Crippen LogP contribution is -2.37. The summed E-state index contributed by atoms with van der Waals surface area (Å²) in [6.07, 6.45) is 0. The maximum atomic E-state index is 11.7. The summed E-state index contributed by atoms with van der Waals surface area (Å²) in [4.78, 5) is 24.8. The van der Waals surface area contributed by atoms with E-state index in [9.17, 15) is 9.59 Å². The number of nitrogens with two attached hydrogens (primary N) is 1. The number of likely N-dealkylation sites (N-methyl/N-ethyl adjacent to an activating group) is 1. The van der Waals surface area contributed by atoms with Gasteiger partial charge in [0.25, 0.3) is 5.91 Å². The summed E-state index contributed by atoms with van der Waals surface area (Å²) in [5.41, 5.74) is 5.91. The molecule has 1 heterocycles. The van der Waals surface area contributed by atoms with Crippen molar-refractivity contribution in [2.75, 3.05) is 32.2 Å². The molecule has 100 valence electrons. The second kappa shape index (κ2) is 5.67. The van der Waals surface area contributed by atoms with Crippen LogP contribution in [0.25, 0.3) is 0 Å². The van der Waals surface area contributed by atoms with Crippen molar-refractivity contribution >= 4 is 34.2 Å². The molecule has 0 spiro atoms. The van der Waals surface area contributed by atoms with Gasteiger partial charge in [0.2, 0.25) is 5.91 Å². The molecule has 1 rings (SSSR count). The van der Waals surface area contributed by atoms with Crippen LogP contribution < -0.4 is 16.4 Å². The number of nitrogens with one attached hydrogen (secondary N) is 2. The van der Waals surface area contributed by atoms with Crippen molar-refractivity contribution in [2.24, 2.45) is 0 Å². The lowest BCUT2D eigenvalue weighted by atomic mass is 10.2. The largest absolute Gasteiger partial charge is 0.382 e. The Kier molecular flexibility index (Phi) is 4.49. The number of carbonyl (C=O) groups is 2. The molecular formula is C10H17N5O2S. The highest BCUT2D eigenvalue weighted by Crippen LogP contribution is 2.27. The van der Waals surface area contributed by atoms with E-state index in [-0.39, 0.29) is 23.2 Å². The number of nitrogen functional groups attached to an aromatic ring is 1. The predicted octanol–water partition coefficient (Wildman–Crippen LogP) is -0.0265. The molecule has 0 aromatic carbocycles. The Bertz CT molecular complexity index is 457. The number of amides is 2. The van der Waals surface area contributed by atoms with E-state index in [1.54, 1.807) is 21.0 Å². The minimum atomic E-state index is -0.455. The summed E-state index contributed by atoms with van der Waals surface area (Å²) in [7, 11) is 4.85. The van der Waals surface area contributed by atoms with Crippen molar-refractivity contribution in [2.45, 2.75) is 13.0 Å². The van der Waals surface area contributed by atoms with E-state index in [1.807, 2.05) is 0 Å². The predicted molar refractivity (Wildman–Crippen MR) is 71.7 cm³/mol. The van der Waals surface area contributed by atoms with Crippen molar-refractivity contribution in [1.29, 1.82) is 0 Å². The minimum Gasteiger partial charge on any atom is -0.382 e. The minimum absolute atomic E-state index is 0.0928. The number of hydrogen-bond acceptors (Lipinski definition) is 6. The summed E-state index contributed by atoms with van der Waals surface area (Å²) in [6.45, 7) is 1.71. The molecule has 0 aliphatic rings. The Morgan fingerprint density at radius 2 is 2.06 bits per heavy atom. The highest BCUT2D eigenvalue weighted by Gasteiger charge is 2.22. The Morgan fingerprint density at radius 3 is 2.56 bits per heavy atom. The number of anilines is 2. The van der Waals surface area contributed by atoms with Crippen LogP contribution in [0.15, 0.2) is 0 Å². The van der Waals surface area contributed by atoms with Gasteiger partial charge in [0.15, 0.2) is 5.82 Å². The van der Waals surface area contributed by atoms with Gasteiger partial charge >= 0.3 is 0 Å². The van der Waals surface area contributed by atoms with E-state index in [0.29, 0.717) is 5.00 Å². The van der Waals surface area contributed by atoms with Crippen LogP contribution in [0.4, 0.5) is 10.8 Å². The highest BCUT2D eigenvalue weighted by molar-refractivity contribution is 7.11. The number of nitrogens with zero attached hydrogens (tertiary/aromatic N) is 2. The Labute approximate surface area is 110 Å². The van der Waals surface area contributed by atoms with Crippen LogP contribution in [0.1, 0.15) is 17.3 Å². The molecule has 0 saturated carbocycles. The monoisotopic (exact) mass is 271 g/mol. The zero-order valence-corrected chi connectivity index (χ0v) is 11.6. The first-order valence-corrected chi connectivity index (χ1v) is 6.10.